The molecule has 0 atom stereocenters. The van der Waals surface area contributed by atoms with Gasteiger partial charge in [0.05, 0.1) is 11.4 Å². The standard InChI is InChI=1S/C17H12Cl2FN5O/c1-10-22-23-24-25(10)13-4-6-15(20)16(9-13)21-17(26)7-2-11-8-12(18)3-5-14(11)19/h2-9H,1H3,(H,21,26)/b7-2+. The van der Waals surface area contributed by atoms with Gasteiger partial charge in [0.25, 0.3) is 0 Å². The lowest BCUT2D eigenvalue weighted by molar-refractivity contribution is -0.111. The molecule has 6 nitrogen and oxygen atoms in total. The molecule has 2 aromatic carbocycles. The van der Waals surface area contributed by atoms with Crippen LogP contribution in [0.15, 0.2) is 42.5 Å². The van der Waals surface area contributed by atoms with Gasteiger partial charge in [-0.25, -0.2) is 4.39 Å². The average molecular weight is 392 g/mol. The lowest BCUT2D eigenvalue weighted by atomic mass is 10.2. The minimum atomic E-state index is -0.581. The summed E-state index contributed by atoms with van der Waals surface area (Å²) in [5.74, 6) is -0.572. The highest BCUT2D eigenvalue weighted by molar-refractivity contribution is 6.34. The van der Waals surface area contributed by atoms with E-state index in [4.69, 9.17) is 23.2 Å². The van der Waals surface area contributed by atoms with Crippen molar-refractivity contribution in [3.63, 3.8) is 0 Å². The van der Waals surface area contributed by atoms with Crippen LogP contribution in [-0.4, -0.2) is 26.1 Å². The fraction of sp³-hybridized carbons (Fsp3) is 0.0588. The van der Waals surface area contributed by atoms with E-state index in [1.807, 2.05) is 0 Å². The van der Waals surface area contributed by atoms with Gasteiger partial charge in [-0.2, -0.15) is 4.68 Å². The number of anilines is 1. The van der Waals surface area contributed by atoms with Gasteiger partial charge in [0, 0.05) is 16.1 Å². The van der Waals surface area contributed by atoms with E-state index >= 15 is 0 Å². The topological polar surface area (TPSA) is 72.7 Å². The number of hydrogen-bond donors (Lipinski definition) is 1. The van der Waals surface area contributed by atoms with E-state index in [2.05, 4.69) is 20.8 Å². The van der Waals surface area contributed by atoms with Crippen molar-refractivity contribution in [2.75, 3.05) is 5.32 Å². The summed E-state index contributed by atoms with van der Waals surface area (Å²) in [6.07, 6.45) is 2.74. The first kappa shape index (κ1) is 18.0. The number of aryl methyl sites for hydroxylation is 1. The lowest BCUT2D eigenvalue weighted by Crippen LogP contribution is -2.10. The Morgan fingerprint density at radius 2 is 2.04 bits per heavy atom. The third-order valence-electron chi connectivity index (χ3n) is 3.45. The lowest BCUT2D eigenvalue weighted by Gasteiger charge is -2.07. The number of aromatic nitrogens is 4. The van der Waals surface area contributed by atoms with Crippen molar-refractivity contribution in [1.82, 2.24) is 20.2 Å². The van der Waals surface area contributed by atoms with Crippen molar-refractivity contribution in [3.8, 4) is 5.69 Å². The van der Waals surface area contributed by atoms with Crippen molar-refractivity contribution in [3.05, 3.63) is 69.7 Å². The van der Waals surface area contributed by atoms with Crippen molar-refractivity contribution >= 4 is 40.9 Å². The van der Waals surface area contributed by atoms with Gasteiger partial charge in [0.2, 0.25) is 5.91 Å². The number of carbonyl (C=O) groups excluding carboxylic acids is 1. The predicted octanol–water partition coefficient (Wildman–Crippen LogP) is 4.07. The van der Waals surface area contributed by atoms with Crippen LogP contribution in [0.2, 0.25) is 10.0 Å². The van der Waals surface area contributed by atoms with Crippen LogP contribution in [0, 0.1) is 12.7 Å². The Morgan fingerprint density at radius 1 is 1.23 bits per heavy atom. The first-order chi connectivity index (χ1) is 12.4. The summed E-state index contributed by atoms with van der Waals surface area (Å²) in [7, 11) is 0. The summed E-state index contributed by atoms with van der Waals surface area (Å²) in [5.41, 5.74) is 1.10. The van der Waals surface area contributed by atoms with Gasteiger partial charge in [0.15, 0.2) is 5.82 Å². The number of amides is 1. The zero-order chi connectivity index (χ0) is 18.7. The molecule has 0 aliphatic rings. The molecule has 3 rings (SSSR count). The molecule has 9 heteroatoms. The SMILES string of the molecule is Cc1nnnn1-c1ccc(F)c(NC(=O)/C=C/c2cc(Cl)ccc2Cl)c1. The van der Waals surface area contributed by atoms with E-state index < -0.39 is 11.7 Å². The molecule has 0 saturated carbocycles. The first-order valence-corrected chi connectivity index (χ1v) is 8.18. The van der Waals surface area contributed by atoms with Crippen molar-refractivity contribution < 1.29 is 9.18 Å². The highest BCUT2D eigenvalue weighted by atomic mass is 35.5. The summed E-state index contributed by atoms with van der Waals surface area (Å²) in [5, 5.41) is 14.5. The van der Waals surface area contributed by atoms with Crippen LogP contribution in [0.25, 0.3) is 11.8 Å². The van der Waals surface area contributed by atoms with Crippen LogP contribution in [0.3, 0.4) is 0 Å². The maximum Gasteiger partial charge on any atom is 0.248 e. The Balaban J connectivity index is 1.80. The molecule has 132 valence electrons. The Bertz CT molecular complexity index is 1000. The summed E-state index contributed by atoms with van der Waals surface area (Å²) in [6, 6.07) is 9.06. The second-order valence-electron chi connectivity index (χ2n) is 5.29. The second kappa shape index (κ2) is 7.63. The third kappa shape index (κ3) is 4.07. The molecule has 1 amide bonds. The Hall–Kier alpha value is -2.77. The molecule has 0 radical (unpaired) electrons. The maximum absolute atomic E-state index is 14.0. The van der Waals surface area contributed by atoms with E-state index in [1.165, 1.54) is 35.0 Å². The van der Waals surface area contributed by atoms with Gasteiger partial charge >= 0.3 is 0 Å². The van der Waals surface area contributed by atoms with E-state index in [1.54, 1.807) is 25.1 Å². The molecule has 0 unspecified atom stereocenters. The van der Waals surface area contributed by atoms with Crippen molar-refractivity contribution in [1.29, 1.82) is 0 Å². The summed E-state index contributed by atoms with van der Waals surface area (Å²) in [4.78, 5) is 12.1. The molecule has 1 N–H and O–H groups in total. The molecular formula is C17H12Cl2FN5O. The molecule has 26 heavy (non-hydrogen) atoms. The average Bonchev–Trinajstić information content (AvgIpc) is 3.04. The van der Waals surface area contributed by atoms with Gasteiger partial charge in [-0.05, 0) is 65.4 Å². The molecule has 3 aromatic rings. The largest absolute Gasteiger partial charge is 0.320 e. The fourth-order valence-electron chi connectivity index (χ4n) is 2.19. The number of rotatable bonds is 4. The number of benzene rings is 2. The number of carbonyl (C=O) groups is 1. The molecule has 0 aliphatic heterocycles. The Labute approximate surface area is 158 Å². The minimum absolute atomic E-state index is 0.00393. The molecular weight excluding hydrogens is 380 g/mol. The van der Waals surface area contributed by atoms with E-state index in [9.17, 15) is 9.18 Å². The Kier molecular flexibility index (Phi) is 5.29. The van der Waals surface area contributed by atoms with Gasteiger partial charge in [-0.15, -0.1) is 5.10 Å². The first-order valence-electron chi connectivity index (χ1n) is 7.43. The molecule has 0 fully saturated rings. The molecule has 0 spiro atoms. The van der Waals surface area contributed by atoms with Gasteiger partial charge in [0.1, 0.15) is 5.82 Å². The fourth-order valence-corrected chi connectivity index (χ4v) is 2.55. The predicted molar refractivity (Wildman–Crippen MR) is 98.0 cm³/mol. The molecule has 1 heterocycles. The summed E-state index contributed by atoms with van der Waals surface area (Å²) >= 11 is 11.9. The quantitative estimate of drug-likeness (QED) is 0.680. The van der Waals surface area contributed by atoms with Gasteiger partial charge in [-0.1, -0.05) is 23.2 Å². The minimum Gasteiger partial charge on any atom is -0.320 e. The highest BCUT2D eigenvalue weighted by Crippen LogP contribution is 2.22. The van der Waals surface area contributed by atoms with Crippen LogP contribution in [0.4, 0.5) is 10.1 Å². The van der Waals surface area contributed by atoms with E-state index in [0.717, 1.165) is 0 Å². The van der Waals surface area contributed by atoms with Crippen molar-refractivity contribution in [2.24, 2.45) is 0 Å². The molecule has 1 aromatic heterocycles. The number of halogens is 3. The third-order valence-corrected chi connectivity index (χ3v) is 4.03. The Morgan fingerprint density at radius 3 is 2.77 bits per heavy atom. The summed E-state index contributed by atoms with van der Waals surface area (Å²) in [6.45, 7) is 1.71. The number of tetrazole rings is 1. The number of hydrogen-bond acceptors (Lipinski definition) is 4. The van der Waals surface area contributed by atoms with E-state index in [0.29, 0.717) is 27.1 Å². The molecule has 0 aliphatic carbocycles. The van der Waals surface area contributed by atoms with Crippen LogP contribution >= 0.6 is 23.2 Å². The van der Waals surface area contributed by atoms with Crippen LogP contribution < -0.4 is 5.32 Å². The maximum atomic E-state index is 14.0. The monoisotopic (exact) mass is 391 g/mol. The second-order valence-corrected chi connectivity index (χ2v) is 6.13. The highest BCUT2D eigenvalue weighted by Gasteiger charge is 2.10. The van der Waals surface area contributed by atoms with Crippen LogP contribution in [-0.2, 0) is 4.79 Å². The number of nitrogens with zero attached hydrogens (tertiary/aromatic N) is 4. The smallest absolute Gasteiger partial charge is 0.248 e. The van der Waals surface area contributed by atoms with Gasteiger partial charge < -0.3 is 5.32 Å². The van der Waals surface area contributed by atoms with Crippen LogP contribution in [0.1, 0.15) is 11.4 Å². The van der Waals surface area contributed by atoms with E-state index in [-0.39, 0.29) is 5.69 Å². The summed E-state index contributed by atoms with van der Waals surface area (Å²) < 4.78 is 15.4. The van der Waals surface area contributed by atoms with Crippen molar-refractivity contribution in [2.45, 2.75) is 6.92 Å². The zero-order valence-electron chi connectivity index (χ0n) is 13.4. The van der Waals surface area contributed by atoms with Crippen LogP contribution in [0.5, 0.6) is 0 Å². The number of nitrogens with one attached hydrogen (secondary N) is 1. The zero-order valence-corrected chi connectivity index (χ0v) is 15.0. The molecule has 0 bridgehead atoms. The normalized spacial score (nSPS) is 11.1. The molecule has 0 saturated heterocycles. The van der Waals surface area contributed by atoms with Gasteiger partial charge in [-0.3, -0.25) is 4.79 Å².